The van der Waals surface area contributed by atoms with Gasteiger partial charge in [0.25, 0.3) is 0 Å². The minimum absolute atomic E-state index is 0.0478. The van der Waals surface area contributed by atoms with Crippen LogP contribution >= 0.6 is 11.8 Å². The number of esters is 1. The minimum Gasteiger partial charge on any atom is -0.469 e. The zero-order chi connectivity index (χ0) is 21.8. The van der Waals surface area contributed by atoms with Crippen molar-refractivity contribution in [2.24, 2.45) is 11.8 Å². The Bertz CT molecular complexity index is 703. The van der Waals surface area contributed by atoms with Gasteiger partial charge in [-0.05, 0) is 47.8 Å². The Kier molecular flexibility index (Phi) is 11.2. The van der Waals surface area contributed by atoms with Crippen molar-refractivity contribution < 1.29 is 24.2 Å². The number of thioether (sulfide) groups is 1. The second kappa shape index (κ2) is 13.6. The van der Waals surface area contributed by atoms with Crippen molar-refractivity contribution >= 4 is 23.5 Å². The van der Waals surface area contributed by atoms with E-state index in [-0.39, 0.29) is 17.8 Å². The summed E-state index contributed by atoms with van der Waals surface area (Å²) in [7, 11) is 3.08. The first-order valence-electron chi connectivity index (χ1n) is 10.6. The number of ether oxygens (including phenoxy) is 2. The van der Waals surface area contributed by atoms with Gasteiger partial charge in [-0.25, -0.2) is 0 Å². The predicted molar refractivity (Wildman–Crippen MR) is 120 cm³/mol. The summed E-state index contributed by atoms with van der Waals surface area (Å²) in [4.78, 5) is 23.4. The van der Waals surface area contributed by atoms with Crippen molar-refractivity contribution in [3.8, 4) is 0 Å². The molecule has 0 unspecified atom stereocenters. The van der Waals surface area contributed by atoms with Gasteiger partial charge in [0.15, 0.2) is 0 Å². The van der Waals surface area contributed by atoms with E-state index in [9.17, 15) is 14.7 Å². The Morgan fingerprint density at radius 1 is 1.30 bits per heavy atom. The van der Waals surface area contributed by atoms with Crippen LogP contribution < -0.4 is 0 Å². The third-order valence-electron chi connectivity index (χ3n) is 5.45. The molecule has 0 aliphatic heterocycles. The standard InChI is InChI=1S/C24H34O5S/c1-28-17-19-6-3-5-18(15-19)16-21(25)10-8-20-9-11-23(26)22(20)12-14-30-13-4-7-24(27)29-2/h3,5-6,8,10,15,20-22,25H,4,7,9,11-14,16-17H2,1-2H3/t20-,21+,22+/m0/s1. The minimum atomic E-state index is -0.563. The van der Waals surface area contributed by atoms with Gasteiger partial charge in [-0.3, -0.25) is 9.59 Å². The third-order valence-corrected chi connectivity index (χ3v) is 6.55. The van der Waals surface area contributed by atoms with Crippen LogP contribution in [0, 0.1) is 11.8 Å². The van der Waals surface area contributed by atoms with E-state index in [4.69, 9.17) is 4.74 Å². The molecule has 0 radical (unpaired) electrons. The van der Waals surface area contributed by atoms with E-state index in [0.717, 1.165) is 41.9 Å². The molecule has 0 bridgehead atoms. The molecule has 1 saturated carbocycles. The zero-order valence-corrected chi connectivity index (χ0v) is 18.9. The van der Waals surface area contributed by atoms with Crippen molar-refractivity contribution in [3.63, 3.8) is 0 Å². The average Bonchev–Trinajstić information content (AvgIpc) is 3.08. The summed E-state index contributed by atoms with van der Waals surface area (Å²) in [5.41, 5.74) is 2.17. The number of allylic oxidation sites excluding steroid dienone is 1. The number of aliphatic hydroxyl groups excluding tert-OH is 1. The van der Waals surface area contributed by atoms with E-state index in [0.29, 0.717) is 31.7 Å². The highest BCUT2D eigenvalue weighted by Crippen LogP contribution is 2.33. The predicted octanol–water partition coefficient (Wildman–Crippen LogP) is 3.96. The lowest BCUT2D eigenvalue weighted by atomic mass is 9.92. The van der Waals surface area contributed by atoms with Gasteiger partial charge in [0.05, 0.1) is 19.8 Å². The molecule has 5 nitrogen and oxygen atoms in total. The number of carbonyl (C=O) groups is 2. The fourth-order valence-corrected chi connectivity index (χ4v) is 4.84. The number of hydrogen-bond donors (Lipinski definition) is 1. The molecule has 0 amide bonds. The fraction of sp³-hybridized carbons (Fsp3) is 0.583. The maximum absolute atomic E-state index is 12.3. The Labute approximate surface area is 184 Å². The van der Waals surface area contributed by atoms with Crippen LogP contribution in [-0.2, 0) is 32.1 Å². The lowest BCUT2D eigenvalue weighted by Crippen LogP contribution is -2.15. The number of carbonyl (C=O) groups excluding carboxylic acids is 2. The van der Waals surface area contributed by atoms with E-state index in [1.165, 1.54) is 7.11 Å². The van der Waals surface area contributed by atoms with Crippen molar-refractivity contribution in [3.05, 3.63) is 47.5 Å². The highest BCUT2D eigenvalue weighted by Gasteiger charge is 2.32. The summed E-state index contributed by atoms with van der Waals surface area (Å²) < 4.78 is 9.80. The smallest absolute Gasteiger partial charge is 0.305 e. The van der Waals surface area contributed by atoms with E-state index in [2.05, 4.69) is 10.8 Å². The van der Waals surface area contributed by atoms with Crippen LogP contribution in [0.25, 0.3) is 0 Å². The number of rotatable bonds is 13. The lowest BCUT2D eigenvalue weighted by molar-refractivity contribution is -0.140. The van der Waals surface area contributed by atoms with Gasteiger partial charge in [0, 0.05) is 32.3 Å². The van der Waals surface area contributed by atoms with Crippen LogP contribution in [0.15, 0.2) is 36.4 Å². The summed E-state index contributed by atoms with van der Waals surface area (Å²) in [6.45, 7) is 0.562. The van der Waals surface area contributed by atoms with Crippen LogP contribution in [0.1, 0.15) is 43.2 Å². The van der Waals surface area contributed by atoms with Crippen LogP contribution in [0.4, 0.5) is 0 Å². The molecule has 1 fully saturated rings. The summed E-state index contributed by atoms with van der Waals surface area (Å²) in [6.07, 6.45) is 7.48. The molecule has 0 heterocycles. The van der Waals surface area contributed by atoms with E-state index < -0.39 is 6.10 Å². The molecule has 1 aliphatic carbocycles. The van der Waals surface area contributed by atoms with Crippen LogP contribution in [0.5, 0.6) is 0 Å². The highest BCUT2D eigenvalue weighted by molar-refractivity contribution is 7.99. The molecule has 166 valence electrons. The molecule has 0 spiro atoms. The first-order chi connectivity index (χ1) is 14.5. The third kappa shape index (κ3) is 8.62. The van der Waals surface area contributed by atoms with Crippen molar-refractivity contribution in [1.29, 1.82) is 0 Å². The zero-order valence-electron chi connectivity index (χ0n) is 18.0. The highest BCUT2D eigenvalue weighted by atomic mass is 32.2. The summed E-state index contributed by atoms with van der Waals surface area (Å²) >= 11 is 1.78. The molecule has 0 saturated heterocycles. The molecule has 30 heavy (non-hydrogen) atoms. The largest absolute Gasteiger partial charge is 0.469 e. The van der Waals surface area contributed by atoms with Crippen molar-refractivity contribution in [2.75, 3.05) is 25.7 Å². The maximum Gasteiger partial charge on any atom is 0.305 e. The summed E-state index contributed by atoms with van der Waals surface area (Å²) in [5.74, 6) is 2.24. The lowest BCUT2D eigenvalue weighted by Gasteiger charge is -2.15. The molecular formula is C24H34O5S. The maximum atomic E-state index is 12.3. The van der Waals surface area contributed by atoms with Crippen molar-refractivity contribution in [1.82, 2.24) is 0 Å². The number of benzene rings is 1. The van der Waals surface area contributed by atoms with Gasteiger partial charge < -0.3 is 14.6 Å². The van der Waals surface area contributed by atoms with E-state index in [1.54, 1.807) is 18.9 Å². The Morgan fingerprint density at radius 2 is 2.10 bits per heavy atom. The molecule has 1 N–H and O–H groups in total. The SMILES string of the molecule is COCc1cccc(C[C@H](O)C=C[C@H]2CCC(=O)[C@@H]2CCSCCCC(=O)OC)c1. The second-order valence-corrected chi connectivity index (χ2v) is 8.99. The van der Waals surface area contributed by atoms with Gasteiger partial charge >= 0.3 is 5.97 Å². The normalized spacial score (nSPS) is 20.0. The summed E-state index contributed by atoms with van der Waals surface area (Å²) in [5, 5.41) is 10.4. The molecule has 1 aromatic carbocycles. The number of methoxy groups -OCH3 is 2. The Hall–Kier alpha value is -1.63. The molecule has 6 heteroatoms. The van der Waals surface area contributed by atoms with E-state index >= 15 is 0 Å². The molecule has 3 atom stereocenters. The van der Waals surface area contributed by atoms with Gasteiger partial charge in [0.1, 0.15) is 5.78 Å². The Balaban J connectivity index is 1.76. The van der Waals surface area contributed by atoms with Crippen LogP contribution in [0.3, 0.4) is 0 Å². The first-order valence-corrected chi connectivity index (χ1v) is 11.8. The van der Waals surface area contributed by atoms with Crippen molar-refractivity contribution in [2.45, 2.75) is 51.2 Å². The molecule has 2 rings (SSSR count). The number of aliphatic hydroxyl groups is 1. The number of hydrogen-bond acceptors (Lipinski definition) is 6. The van der Waals surface area contributed by atoms with Gasteiger partial charge in [-0.2, -0.15) is 11.8 Å². The van der Waals surface area contributed by atoms with Crippen LogP contribution in [0.2, 0.25) is 0 Å². The molecule has 1 aliphatic rings. The quantitative estimate of drug-likeness (QED) is 0.288. The fourth-order valence-electron chi connectivity index (χ4n) is 3.87. The van der Waals surface area contributed by atoms with Gasteiger partial charge in [0.2, 0.25) is 0 Å². The summed E-state index contributed by atoms with van der Waals surface area (Å²) in [6, 6.07) is 8.06. The molecular weight excluding hydrogens is 400 g/mol. The van der Waals surface area contributed by atoms with Gasteiger partial charge in [-0.1, -0.05) is 36.4 Å². The van der Waals surface area contributed by atoms with E-state index in [1.807, 2.05) is 30.4 Å². The first kappa shape index (κ1) is 24.6. The monoisotopic (exact) mass is 434 g/mol. The topological polar surface area (TPSA) is 72.8 Å². The molecule has 0 aromatic heterocycles. The average molecular weight is 435 g/mol. The number of ketones is 1. The Morgan fingerprint density at radius 3 is 2.87 bits per heavy atom. The van der Waals surface area contributed by atoms with Gasteiger partial charge in [-0.15, -0.1) is 0 Å². The van der Waals surface area contributed by atoms with Crippen LogP contribution in [-0.4, -0.2) is 48.7 Å². The number of Topliss-reactive ketones (excluding diaryl/α,β-unsaturated/α-hetero) is 1. The molecule has 1 aromatic rings. The second-order valence-electron chi connectivity index (χ2n) is 7.77.